The average molecular weight is 277 g/mol. The number of esters is 1. The highest BCUT2D eigenvalue weighted by Crippen LogP contribution is 2.18. The van der Waals surface area contributed by atoms with E-state index in [4.69, 9.17) is 4.74 Å². The average Bonchev–Trinajstić information content (AvgIpc) is 2.36. The molecule has 0 amide bonds. The lowest BCUT2D eigenvalue weighted by molar-refractivity contribution is -0.147. The normalized spacial score (nSPS) is 19.1. The molecule has 6 heteroatoms. The van der Waals surface area contributed by atoms with Crippen molar-refractivity contribution in [3.8, 4) is 0 Å². The summed E-state index contributed by atoms with van der Waals surface area (Å²) in [6, 6.07) is 0. The predicted octanol–water partition coefficient (Wildman–Crippen LogP) is 0.695. The van der Waals surface area contributed by atoms with Gasteiger partial charge in [0.25, 0.3) is 0 Å². The third kappa shape index (κ3) is 4.24. The number of nitrogens with zero attached hydrogens (tertiary/aromatic N) is 1. The van der Waals surface area contributed by atoms with Gasteiger partial charge in [-0.15, -0.1) is 0 Å². The Balaban J connectivity index is 2.35. The Morgan fingerprint density at radius 2 is 1.89 bits per heavy atom. The Labute approximate surface area is 109 Å². The molecule has 0 radical (unpaired) electrons. The largest absolute Gasteiger partial charge is 0.469 e. The van der Waals surface area contributed by atoms with Gasteiger partial charge >= 0.3 is 5.97 Å². The van der Waals surface area contributed by atoms with Gasteiger partial charge < -0.3 is 9.64 Å². The van der Waals surface area contributed by atoms with Crippen molar-refractivity contribution < 1.29 is 17.9 Å². The third-order valence-corrected chi connectivity index (χ3v) is 5.72. The number of ether oxygens (including phenoxy) is 1. The number of hydrogen-bond donors (Lipinski definition) is 0. The van der Waals surface area contributed by atoms with Crippen LogP contribution in [0.2, 0.25) is 0 Å². The van der Waals surface area contributed by atoms with Crippen molar-refractivity contribution in [1.82, 2.24) is 4.90 Å². The van der Waals surface area contributed by atoms with Crippen LogP contribution in [0.15, 0.2) is 0 Å². The molecule has 1 aliphatic rings. The Hall–Kier alpha value is -0.620. The molecule has 0 atom stereocenters. The number of likely N-dealkylation sites (tertiary alicyclic amines) is 1. The number of sulfone groups is 1. The van der Waals surface area contributed by atoms with E-state index in [9.17, 15) is 13.2 Å². The van der Waals surface area contributed by atoms with Crippen molar-refractivity contribution in [2.75, 3.05) is 32.5 Å². The molecule has 0 N–H and O–H groups in total. The maximum atomic E-state index is 11.7. The van der Waals surface area contributed by atoms with Gasteiger partial charge in [-0.25, -0.2) is 8.42 Å². The first-order valence-corrected chi connectivity index (χ1v) is 8.10. The Morgan fingerprint density at radius 1 is 1.33 bits per heavy atom. The fraction of sp³-hybridized carbons (Fsp3) is 0.917. The molecule has 18 heavy (non-hydrogen) atoms. The van der Waals surface area contributed by atoms with E-state index < -0.39 is 9.84 Å². The van der Waals surface area contributed by atoms with Crippen molar-refractivity contribution in [1.29, 1.82) is 0 Å². The van der Waals surface area contributed by atoms with E-state index in [1.165, 1.54) is 7.11 Å². The summed E-state index contributed by atoms with van der Waals surface area (Å²) < 4.78 is 28.1. The predicted molar refractivity (Wildman–Crippen MR) is 70.1 cm³/mol. The fourth-order valence-corrected chi connectivity index (χ4v) is 3.04. The van der Waals surface area contributed by atoms with Crippen molar-refractivity contribution >= 4 is 15.8 Å². The zero-order valence-corrected chi connectivity index (χ0v) is 12.2. The molecule has 106 valence electrons. The van der Waals surface area contributed by atoms with Crippen LogP contribution < -0.4 is 0 Å². The number of rotatable bonds is 5. The zero-order chi connectivity index (χ0) is 13.8. The van der Waals surface area contributed by atoms with Crippen LogP contribution >= 0.6 is 0 Å². The minimum Gasteiger partial charge on any atom is -0.469 e. The third-order valence-electron chi connectivity index (χ3n) is 3.53. The Kier molecular flexibility index (Phi) is 5.59. The summed E-state index contributed by atoms with van der Waals surface area (Å²) in [5.41, 5.74) is 0. The van der Waals surface area contributed by atoms with Gasteiger partial charge in [-0.2, -0.15) is 0 Å². The monoisotopic (exact) mass is 277 g/mol. The fourth-order valence-electron chi connectivity index (χ4n) is 2.05. The van der Waals surface area contributed by atoms with Gasteiger partial charge in [0, 0.05) is 6.54 Å². The van der Waals surface area contributed by atoms with Crippen LogP contribution in [0.4, 0.5) is 0 Å². The number of hydrogen-bond acceptors (Lipinski definition) is 5. The van der Waals surface area contributed by atoms with Gasteiger partial charge in [0.15, 0.2) is 9.84 Å². The molecule has 0 saturated carbocycles. The van der Waals surface area contributed by atoms with Crippen LogP contribution in [0, 0.1) is 5.92 Å². The molecule has 1 heterocycles. The van der Waals surface area contributed by atoms with Gasteiger partial charge in [0.1, 0.15) is 0 Å². The van der Waals surface area contributed by atoms with Gasteiger partial charge in [0.05, 0.1) is 24.0 Å². The summed E-state index contributed by atoms with van der Waals surface area (Å²) >= 11 is 0. The standard InChI is InChI=1S/C12H23NO4S/c1-10(2)18(15,16)9-8-13-6-4-11(5-7-13)12(14)17-3/h10-11H,4-9H2,1-3H3. The topological polar surface area (TPSA) is 63.7 Å². The van der Waals surface area contributed by atoms with E-state index in [-0.39, 0.29) is 22.9 Å². The lowest BCUT2D eigenvalue weighted by Gasteiger charge is -2.30. The van der Waals surface area contributed by atoms with Crippen LogP contribution in [0.5, 0.6) is 0 Å². The number of methoxy groups -OCH3 is 1. The molecule has 0 bridgehead atoms. The van der Waals surface area contributed by atoms with Crippen molar-refractivity contribution in [2.24, 2.45) is 5.92 Å². The maximum absolute atomic E-state index is 11.7. The molecule has 0 aromatic heterocycles. The molecule has 1 fully saturated rings. The molecule has 0 spiro atoms. The second-order valence-corrected chi connectivity index (χ2v) is 7.73. The molecule has 1 saturated heterocycles. The van der Waals surface area contributed by atoms with E-state index in [2.05, 4.69) is 4.90 Å². The first-order valence-electron chi connectivity index (χ1n) is 6.38. The molecule has 1 rings (SSSR count). The Bertz CT molecular complexity index is 370. The molecule has 0 aromatic carbocycles. The molecular weight excluding hydrogens is 254 g/mol. The van der Waals surface area contributed by atoms with E-state index in [0.717, 1.165) is 25.9 Å². The SMILES string of the molecule is COC(=O)C1CCN(CCS(=O)(=O)C(C)C)CC1. The number of carbonyl (C=O) groups excluding carboxylic acids is 1. The Morgan fingerprint density at radius 3 is 2.33 bits per heavy atom. The van der Waals surface area contributed by atoms with Gasteiger partial charge in [-0.3, -0.25) is 4.79 Å². The first-order chi connectivity index (χ1) is 8.36. The van der Waals surface area contributed by atoms with Gasteiger partial charge in [-0.1, -0.05) is 0 Å². The minimum atomic E-state index is -2.97. The highest BCUT2D eigenvalue weighted by molar-refractivity contribution is 7.92. The van der Waals surface area contributed by atoms with E-state index in [1.807, 2.05) is 0 Å². The molecule has 0 aliphatic carbocycles. The van der Waals surface area contributed by atoms with E-state index in [0.29, 0.717) is 6.54 Å². The van der Waals surface area contributed by atoms with Crippen molar-refractivity contribution in [3.63, 3.8) is 0 Å². The molecule has 0 unspecified atom stereocenters. The van der Waals surface area contributed by atoms with Crippen LogP contribution in [0.1, 0.15) is 26.7 Å². The van der Waals surface area contributed by atoms with Gasteiger partial charge in [-0.05, 0) is 39.8 Å². The first kappa shape index (κ1) is 15.4. The van der Waals surface area contributed by atoms with E-state index >= 15 is 0 Å². The molecule has 1 aliphatic heterocycles. The summed E-state index contributed by atoms with van der Waals surface area (Å²) in [4.78, 5) is 13.5. The lowest BCUT2D eigenvalue weighted by atomic mass is 9.97. The summed E-state index contributed by atoms with van der Waals surface area (Å²) in [6.45, 7) is 5.52. The quantitative estimate of drug-likeness (QED) is 0.692. The molecular formula is C12H23NO4S. The van der Waals surface area contributed by atoms with Crippen molar-refractivity contribution in [3.05, 3.63) is 0 Å². The van der Waals surface area contributed by atoms with Crippen LogP contribution in [0.25, 0.3) is 0 Å². The smallest absolute Gasteiger partial charge is 0.308 e. The van der Waals surface area contributed by atoms with Crippen LogP contribution in [0.3, 0.4) is 0 Å². The highest BCUT2D eigenvalue weighted by atomic mass is 32.2. The minimum absolute atomic E-state index is 0.0204. The van der Waals surface area contributed by atoms with Crippen LogP contribution in [-0.2, 0) is 19.4 Å². The summed E-state index contributed by atoms with van der Waals surface area (Å²) in [5, 5.41) is -0.315. The van der Waals surface area contributed by atoms with E-state index in [1.54, 1.807) is 13.8 Å². The molecule has 5 nitrogen and oxygen atoms in total. The van der Waals surface area contributed by atoms with Crippen LogP contribution in [-0.4, -0.2) is 57.0 Å². The van der Waals surface area contributed by atoms with Crippen molar-refractivity contribution in [2.45, 2.75) is 31.9 Å². The summed E-state index contributed by atoms with van der Waals surface area (Å²) in [6.07, 6.45) is 1.52. The van der Waals surface area contributed by atoms with Gasteiger partial charge in [0.2, 0.25) is 0 Å². The number of carbonyl (C=O) groups is 1. The highest BCUT2D eigenvalue weighted by Gasteiger charge is 2.26. The second kappa shape index (κ2) is 6.52. The molecule has 0 aromatic rings. The summed E-state index contributed by atoms with van der Waals surface area (Å²) in [5.74, 6) is 0.0329. The summed E-state index contributed by atoms with van der Waals surface area (Å²) in [7, 11) is -1.56. The lowest BCUT2D eigenvalue weighted by Crippen LogP contribution is -2.39. The number of piperidine rings is 1. The maximum Gasteiger partial charge on any atom is 0.308 e. The zero-order valence-electron chi connectivity index (χ0n) is 11.4. The second-order valence-electron chi connectivity index (χ2n) is 5.05.